The Kier molecular flexibility index (Phi) is 5.08. The van der Waals surface area contributed by atoms with Gasteiger partial charge in [0.05, 0.1) is 12.7 Å². The van der Waals surface area contributed by atoms with Crippen LogP contribution >= 0.6 is 0 Å². The third-order valence-corrected chi connectivity index (χ3v) is 7.16. The normalized spacial score (nSPS) is 28.4. The van der Waals surface area contributed by atoms with E-state index in [0.29, 0.717) is 30.0 Å². The quantitative estimate of drug-likeness (QED) is 0.778. The van der Waals surface area contributed by atoms with E-state index in [4.69, 9.17) is 9.47 Å². The molecule has 0 radical (unpaired) electrons. The predicted octanol–water partition coefficient (Wildman–Crippen LogP) is 3.31. The molecule has 3 saturated carbocycles. The van der Waals surface area contributed by atoms with Crippen molar-refractivity contribution in [2.24, 2.45) is 17.8 Å². The molecule has 4 aliphatic rings. The number of carbonyl (C=O) groups excluding carboxylic acids is 2. The number of hydrogen-bond acceptors (Lipinski definition) is 4. The molecule has 6 heteroatoms. The SMILES string of the molecule is COc1ccc2c(c1)OC1(CC3CCC1CC3C(=O)NCCc1ccccc1)NC2=O. The van der Waals surface area contributed by atoms with E-state index in [1.165, 1.54) is 5.56 Å². The summed E-state index contributed by atoms with van der Waals surface area (Å²) < 4.78 is 11.7. The van der Waals surface area contributed by atoms with Crippen LogP contribution in [0, 0.1) is 17.8 Å². The average Bonchev–Trinajstić information content (AvgIpc) is 2.79. The maximum Gasteiger partial charge on any atom is 0.258 e. The molecule has 3 fully saturated rings. The van der Waals surface area contributed by atoms with Crippen LogP contribution in [0.3, 0.4) is 0 Å². The molecule has 0 saturated heterocycles. The molecule has 31 heavy (non-hydrogen) atoms. The lowest BCUT2D eigenvalue weighted by Crippen LogP contribution is -2.67. The summed E-state index contributed by atoms with van der Waals surface area (Å²) in [7, 11) is 1.60. The van der Waals surface area contributed by atoms with Gasteiger partial charge in [-0.05, 0) is 49.3 Å². The third-order valence-electron chi connectivity index (χ3n) is 7.16. The van der Waals surface area contributed by atoms with Gasteiger partial charge in [-0.3, -0.25) is 9.59 Å². The van der Waals surface area contributed by atoms with Crippen molar-refractivity contribution < 1.29 is 19.1 Å². The summed E-state index contributed by atoms with van der Waals surface area (Å²) in [4.78, 5) is 25.8. The Hall–Kier alpha value is -3.02. The van der Waals surface area contributed by atoms with Crippen LogP contribution in [0.1, 0.15) is 41.6 Å². The van der Waals surface area contributed by atoms with Crippen LogP contribution in [0.25, 0.3) is 0 Å². The van der Waals surface area contributed by atoms with Gasteiger partial charge in [0.15, 0.2) is 5.72 Å². The average molecular weight is 421 g/mol. The van der Waals surface area contributed by atoms with Gasteiger partial charge in [0.2, 0.25) is 5.91 Å². The molecule has 6 nitrogen and oxygen atoms in total. The van der Waals surface area contributed by atoms with Gasteiger partial charge >= 0.3 is 0 Å². The Balaban J connectivity index is 1.26. The fraction of sp³-hybridized carbons (Fsp3) is 0.440. The smallest absolute Gasteiger partial charge is 0.258 e. The molecule has 4 unspecified atom stereocenters. The van der Waals surface area contributed by atoms with Gasteiger partial charge in [-0.2, -0.15) is 0 Å². The molecule has 2 aromatic carbocycles. The minimum Gasteiger partial charge on any atom is -0.497 e. The topological polar surface area (TPSA) is 76.7 Å². The van der Waals surface area contributed by atoms with Gasteiger partial charge < -0.3 is 20.1 Å². The molecule has 2 amide bonds. The monoisotopic (exact) mass is 420 g/mol. The van der Waals surface area contributed by atoms with Gasteiger partial charge in [-0.1, -0.05) is 30.3 Å². The number of rotatable bonds is 5. The summed E-state index contributed by atoms with van der Waals surface area (Å²) in [5.74, 6) is 1.55. The molecule has 1 heterocycles. The summed E-state index contributed by atoms with van der Waals surface area (Å²) in [5.41, 5.74) is 1.03. The number of methoxy groups -OCH3 is 1. The van der Waals surface area contributed by atoms with Crippen LogP contribution in [-0.4, -0.2) is 31.2 Å². The van der Waals surface area contributed by atoms with Gasteiger partial charge in [-0.15, -0.1) is 0 Å². The lowest BCUT2D eigenvalue weighted by atomic mass is 9.60. The third kappa shape index (κ3) is 3.64. The molecular weight excluding hydrogens is 392 g/mol. The fourth-order valence-electron chi connectivity index (χ4n) is 5.55. The van der Waals surface area contributed by atoms with E-state index in [1.807, 2.05) is 18.2 Å². The molecule has 2 bridgehead atoms. The van der Waals surface area contributed by atoms with Crippen molar-refractivity contribution in [3.05, 3.63) is 59.7 Å². The lowest BCUT2D eigenvalue weighted by molar-refractivity contribution is -0.146. The first-order valence-corrected chi connectivity index (χ1v) is 11.1. The van der Waals surface area contributed by atoms with E-state index in [-0.39, 0.29) is 29.6 Å². The fourth-order valence-corrected chi connectivity index (χ4v) is 5.55. The second-order valence-electron chi connectivity index (χ2n) is 8.92. The van der Waals surface area contributed by atoms with E-state index in [2.05, 4.69) is 22.8 Å². The first-order chi connectivity index (χ1) is 15.1. The Morgan fingerprint density at radius 1 is 1.23 bits per heavy atom. The summed E-state index contributed by atoms with van der Waals surface area (Å²) in [6.45, 7) is 0.641. The van der Waals surface area contributed by atoms with Crippen LogP contribution < -0.4 is 20.1 Å². The minimum atomic E-state index is -0.722. The van der Waals surface area contributed by atoms with Crippen molar-refractivity contribution >= 4 is 11.8 Å². The predicted molar refractivity (Wildman–Crippen MR) is 116 cm³/mol. The first-order valence-electron chi connectivity index (χ1n) is 11.1. The first kappa shape index (κ1) is 19.9. The molecule has 4 atom stereocenters. The van der Waals surface area contributed by atoms with Crippen LogP contribution in [-0.2, 0) is 11.2 Å². The number of ether oxygens (including phenoxy) is 2. The zero-order valence-electron chi connectivity index (χ0n) is 17.7. The van der Waals surface area contributed by atoms with E-state index in [0.717, 1.165) is 25.7 Å². The van der Waals surface area contributed by atoms with Gasteiger partial charge in [-0.25, -0.2) is 0 Å². The van der Waals surface area contributed by atoms with Crippen molar-refractivity contribution in [3.63, 3.8) is 0 Å². The largest absolute Gasteiger partial charge is 0.497 e. The molecule has 3 aliphatic carbocycles. The maximum atomic E-state index is 12.9. The number of carbonyl (C=O) groups is 2. The van der Waals surface area contributed by atoms with E-state index >= 15 is 0 Å². The van der Waals surface area contributed by atoms with Gasteiger partial charge in [0, 0.05) is 30.9 Å². The molecule has 6 rings (SSSR count). The minimum absolute atomic E-state index is 0.0210. The van der Waals surface area contributed by atoms with Gasteiger partial charge in [0.25, 0.3) is 5.91 Å². The number of nitrogens with one attached hydrogen (secondary N) is 2. The van der Waals surface area contributed by atoms with E-state index < -0.39 is 5.72 Å². The summed E-state index contributed by atoms with van der Waals surface area (Å²) in [5, 5.41) is 6.28. The lowest BCUT2D eigenvalue weighted by Gasteiger charge is -2.55. The zero-order valence-corrected chi connectivity index (χ0v) is 17.7. The van der Waals surface area contributed by atoms with Crippen molar-refractivity contribution in [1.82, 2.24) is 10.6 Å². The molecule has 1 spiro atoms. The Morgan fingerprint density at radius 3 is 2.81 bits per heavy atom. The van der Waals surface area contributed by atoms with Crippen molar-refractivity contribution in [1.29, 1.82) is 0 Å². The number of amides is 2. The highest BCUT2D eigenvalue weighted by Crippen LogP contribution is 2.52. The molecule has 162 valence electrons. The molecule has 1 aliphatic heterocycles. The van der Waals surface area contributed by atoms with Crippen LogP contribution in [0.4, 0.5) is 0 Å². The Labute approximate surface area is 182 Å². The second kappa shape index (κ2) is 7.91. The standard InChI is InChI=1S/C25H28N2O4/c1-30-19-9-10-20-22(14-19)31-25(27-24(20)29)15-17-7-8-18(25)13-21(17)23(28)26-12-11-16-5-3-2-4-6-16/h2-6,9-10,14,17-18,21H,7-8,11-13,15H2,1H3,(H,26,28)(H,27,29). The van der Waals surface area contributed by atoms with Crippen LogP contribution in [0.2, 0.25) is 0 Å². The molecule has 2 N–H and O–H groups in total. The van der Waals surface area contributed by atoms with Crippen molar-refractivity contribution in [2.75, 3.05) is 13.7 Å². The molecular formula is C25H28N2O4. The Morgan fingerprint density at radius 2 is 2.06 bits per heavy atom. The highest BCUT2D eigenvalue weighted by atomic mass is 16.5. The molecule has 0 aromatic heterocycles. The van der Waals surface area contributed by atoms with Crippen LogP contribution in [0.5, 0.6) is 11.5 Å². The number of benzene rings is 2. The number of hydrogen-bond donors (Lipinski definition) is 2. The Bertz CT molecular complexity index is 992. The summed E-state index contributed by atoms with van der Waals surface area (Å²) in [6.07, 6.45) is 4.18. The summed E-state index contributed by atoms with van der Waals surface area (Å²) >= 11 is 0. The molecule has 2 aromatic rings. The second-order valence-corrected chi connectivity index (χ2v) is 8.92. The highest BCUT2D eigenvalue weighted by Gasteiger charge is 2.57. The van der Waals surface area contributed by atoms with E-state index in [1.54, 1.807) is 25.3 Å². The zero-order chi connectivity index (χ0) is 21.4. The van der Waals surface area contributed by atoms with Gasteiger partial charge in [0.1, 0.15) is 11.5 Å². The maximum absolute atomic E-state index is 12.9. The highest BCUT2D eigenvalue weighted by molar-refractivity contribution is 5.98. The van der Waals surface area contributed by atoms with Crippen molar-refractivity contribution in [2.45, 2.75) is 37.8 Å². The van der Waals surface area contributed by atoms with Crippen LogP contribution in [0.15, 0.2) is 48.5 Å². The van der Waals surface area contributed by atoms with Crippen molar-refractivity contribution in [3.8, 4) is 11.5 Å². The summed E-state index contributed by atoms with van der Waals surface area (Å²) in [6, 6.07) is 15.5. The van der Waals surface area contributed by atoms with E-state index in [9.17, 15) is 9.59 Å². The number of fused-ring (bicyclic) bond motifs is 3.